The Bertz CT molecular complexity index is 710. The lowest BCUT2D eigenvalue weighted by molar-refractivity contribution is 0.143. The maximum Gasteiger partial charge on any atom is 0.123 e. The molecule has 2 aliphatic heterocycles. The van der Waals surface area contributed by atoms with Crippen molar-refractivity contribution in [3.8, 4) is 5.75 Å². The van der Waals surface area contributed by atoms with E-state index in [9.17, 15) is 4.39 Å². The zero-order valence-electron chi connectivity index (χ0n) is 15.2. The number of hydrogen-bond acceptors (Lipinski definition) is 3. The van der Waals surface area contributed by atoms with E-state index in [0.717, 1.165) is 45.1 Å². The minimum atomic E-state index is -0.216. The Kier molecular flexibility index (Phi) is 5.40. The summed E-state index contributed by atoms with van der Waals surface area (Å²) < 4.78 is 18.7. The molecule has 0 atom stereocenters. The molecule has 0 saturated carbocycles. The molecule has 0 spiro atoms. The van der Waals surface area contributed by atoms with E-state index < -0.39 is 0 Å². The number of piperidine rings is 1. The molecule has 26 heavy (non-hydrogen) atoms. The van der Waals surface area contributed by atoms with Gasteiger partial charge in [0.1, 0.15) is 11.6 Å². The first-order valence-corrected chi connectivity index (χ1v) is 9.71. The molecule has 0 amide bonds. The van der Waals surface area contributed by atoms with Crippen LogP contribution >= 0.6 is 0 Å². The number of fused-ring (bicyclic) bond motifs is 1. The molecule has 2 aromatic carbocycles. The molecule has 0 aromatic heterocycles. The highest BCUT2D eigenvalue weighted by Crippen LogP contribution is 2.27. The Balaban J connectivity index is 1.18. The van der Waals surface area contributed by atoms with Crippen molar-refractivity contribution in [2.75, 3.05) is 44.2 Å². The van der Waals surface area contributed by atoms with E-state index in [1.165, 1.54) is 42.6 Å². The number of anilines is 1. The summed E-state index contributed by atoms with van der Waals surface area (Å²) in [5.74, 6) is 1.15. The summed E-state index contributed by atoms with van der Waals surface area (Å²) in [6.07, 6.45) is 3.54. The fraction of sp³-hybridized carbons (Fsp3) is 0.455. The van der Waals surface area contributed by atoms with Gasteiger partial charge >= 0.3 is 0 Å². The van der Waals surface area contributed by atoms with Gasteiger partial charge in [-0.15, -0.1) is 0 Å². The maximum absolute atomic E-state index is 12.9. The Morgan fingerprint density at radius 2 is 1.69 bits per heavy atom. The first kappa shape index (κ1) is 17.3. The standard InChI is InChI=1S/C22H27FN2O/c23-20-5-7-21(8-6-20)26-17-18-9-12-24(13-10-18)15-16-25-14-11-19-3-1-2-4-22(19)25/h1-8,18H,9-17H2. The van der Waals surface area contributed by atoms with Crippen molar-refractivity contribution in [2.24, 2.45) is 5.92 Å². The van der Waals surface area contributed by atoms with Crippen molar-refractivity contribution in [1.82, 2.24) is 4.90 Å². The number of nitrogens with zero attached hydrogens (tertiary/aromatic N) is 2. The van der Waals surface area contributed by atoms with Crippen LogP contribution in [0.1, 0.15) is 18.4 Å². The third-order valence-electron chi connectivity index (χ3n) is 5.68. The van der Waals surface area contributed by atoms with Crippen LogP contribution in [-0.4, -0.2) is 44.2 Å². The fourth-order valence-corrected chi connectivity index (χ4v) is 4.02. The molecule has 2 aromatic rings. The van der Waals surface area contributed by atoms with E-state index in [-0.39, 0.29) is 5.82 Å². The third kappa shape index (κ3) is 4.18. The van der Waals surface area contributed by atoms with Crippen LogP contribution in [0.5, 0.6) is 5.75 Å². The Hall–Kier alpha value is -2.07. The lowest BCUT2D eigenvalue weighted by Gasteiger charge is -2.33. The molecule has 0 unspecified atom stereocenters. The van der Waals surface area contributed by atoms with Crippen LogP contribution in [0.15, 0.2) is 48.5 Å². The van der Waals surface area contributed by atoms with Crippen molar-refractivity contribution < 1.29 is 9.13 Å². The molecule has 4 heteroatoms. The van der Waals surface area contributed by atoms with Gasteiger partial charge in [-0.1, -0.05) is 18.2 Å². The summed E-state index contributed by atoms with van der Waals surface area (Å²) >= 11 is 0. The monoisotopic (exact) mass is 354 g/mol. The Morgan fingerprint density at radius 3 is 2.50 bits per heavy atom. The van der Waals surface area contributed by atoms with Crippen molar-refractivity contribution in [1.29, 1.82) is 0 Å². The second kappa shape index (κ2) is 8.09. The minimum Gasteiger partial charge on any atom is -0.493 e. The van der Waals surface area contributed by atoms with E-state index >= 15 is 0 Å². The highest BCUT2D eigenvalue weighted by molar-refractivity contribution is 5.57. The summed E-state index contributed by atoms with van der Waals surface area (Å²) in [4.78, 5) is 5.11. The quantitative estimate of drug-likeness (QED) is 0.780. The molecular weight excluding hydrogens is 327 g/mol. The minimum absolute atomic E-state index is 0.216. The number of hydrogen-bond donors (Lipinski definition) is 0. The lowest BCUT2D eigenvalue weighted by atomic mass is 9.98. The van der Waals surface area contributed by atoms with Gasteiger partial charge in [0.25, 0.3) is 0 Å². The Labute approximate surface area is 155 Å². The number of ether oxygens (including phenoxy) is 1. The van der Waals surface area contributed by atoms with Gasteiger partial charge in [-0.05, 0) is 74.2 Å². The number of para-hydroxylation sites is 1. The highest BCUT2D eigenvalue weighted by atomic mass is 19.1. The predicted octanol–water partition coefficient (Wildman–Crippen LogP) is 3.98. The van der Waals surface area contributed by atoms with Crippen LogP contribution in [0.4, 0.5) is 10.1 Å². The molecule has 0 bridgehead atoms. The largest absolute Gasteiger partial charge is 0.493 e. The van der Waals surface area contributed by atoms with Gasteiger partial charge in [0.05, 0.1) is 6.61 Å². The first-order valence-electron chi connectivity index (χ1n) is 9.71. The van der Waals surface area contributed by atoms with Crippen molar-refractivity contribution in [3.63, 3.8) is 0 Å². The van der Waals surface area contributed by atoms with E-state index in [1.807, 2.05) is 0 Å². The summed E-state index contributed by atoms with van der Waals surface area (Å²) in [6, 6.07) is 15.1. The molecule has 0 radical (unpaired) electrons. The molecule has 3 nitrogen and oxygen atoms in total. The molecule has 0 N–H and O–H groups in total. The molecule has 4 rings (SSSR count). The van der Waals surface area contributed by atoms with Crippen LogP contribution < -0.4 is 9.64 Å². The first-order chi connectivity index (χ1) is 12.8. The lowest BCUT2D eigenvalue weighted by Crippen LogP contribution is -2.40. The SMILES string of the molecule is Fc1ccc(OCC2CCN(CCN3CCc4ccccc43)CC2)cc1. The molecule has 1 fully saturated rings. The molecule has 138 valence electrons. The maximum atomic E-state index is 12.9. The topological polar surface area (TPSA) is 15.7 Å². The van der Waals surface area contributed by atoms with Gasteiger partial charge in [0.2, 0.25) is 0 Å². The van der Waals surface area contributed by atoms with Gasteiger partial charge in [-0.3, -0.25) is 0 Å². The summed E-state index contributed by atoms with van der Waals surface area (Å²) in [7, 11) is 0. The second-order valence-electron chi connectivity index (χ2n) is 7.42. The average molecular weight is 354 g/mol. The molecule has 0 aliphatic carbocycles. The highest BCUT2D eigenvalue weighted by Gasteiger charge is 2.22. The fourth-order valence-electron chi connectivity index (χ4n) is 4.02. The van der Waals surface area contributed by atoms with Gasteiger partial charge in [0.15, 0.2) is 0 Å². The number of likely N-dealkylation sites (tertiary alicyclic amines) is 1. The van der Waals surface area contributed by atoms with Crippen LogP contribution in [0.25, 0.3) is 0 Å². The zero-order valence-corrected chi connectivity index (χ0v) is 15.2. The van der Waals surface area contributed by atoms with Gasteiger partial charge in [0, 0.05) is 25.3 Å². The van der Waals surface area contributed by atoms with E-state index in [4.69, 9.17) is 4.74 Å². The number of benzene rings is 2. The number of halogens is 1. The van der Waals surface area contributed by atoms with E-state index in [0.29, 0.717) is 5.92 Å². The molecule has 2 heterocycles. The molecular formula is C22H27FN2O. The molecule has 2 aliphatic rings. The van der Waals surface area contributed by atoms with Crippen molar-refractivity contribution in [2.45, 2.75) is 19.3 Å². The van der Waals surface area contributed by atoms with Crippen molar-refractivity contribution >= 4 is 5.69 Å². The van der Waals surface area contributed by atoms with Crippen LogP contribution in [0.3, 0.4) is 0 Å². The van der Waals surface area contributed by atoms with Gasteiger partial charge in [-0.25, -0.2) is 4.39 Å². The van der Waals surface area contributed by atoms with E-state index in [2.05, 4.69) is 34.1 Å². The zero-order chi connectivity index (χ0) is 17.8. The van der Waals surface area contributed by atoms with Crippen LogP contribution in [0.2, 0.25) is 0 Å². The normalized spacial score (nSPS) is 18.1. The smallest absolute Gasteiger partial charge is 0.123 e. The summed E-state index contributed by atoms with van der Waals surface area (Å²) in [6.45, 7) is 6.44. The van der Waals surface area contributed by atoms with E-state index in [1.54, 1.807) is 12.1 Å². The molecule has 1 saturated heterocycles. The van der Waals surface area contributed by atoms with Crippen LogP contribution in [-0.2, 0) is 6.42 Å². The average Bonchev–Trinajstić information content (AvgIpc) is 3.10. The predicted molar refractivity (Wildman–Crippen MR) is 103 cm³/mol. The number of rotatable bonds is 6. The summed E-state index contributed by atoms with van der Waals surface area (Å²) in [5, 5.41) is 0. The summed E-state index contributed by atoms with van der Waals surface area (Å²) in [5.41, 5.74) is 2.92. The van der Waals surface area contributed by atoms with Crippen LogP contribution in [0, 0.1) is 11.7 Å². The third-order valence-corrected chi connectivity index (χ3v) is 5.68. The van der Waals surface area contributed by atoms with Crippen molar-refractivity contribution in [3.05, 3.63) is 59.9 Å². The Morgan fingerprint density at radius 1 is 0.923 bits per heavy atom. The second-order valence-corrected chi connectivity index (χ2v) is 7.42. The van der Waals surface area contributed by atoms with Gasteiger partial charge in [-0.2, -0.15) is 0 Å². The van der Waals surface area contributed by atoms with Gasteiger partial charge < -0.3 is 14.5 Å².